The van der Waals surface area contributed by atoms with Crippen molar-refractivity contribution in [1.82, 2.24) is 14.9 Å². The summed E-state index contributed by atoms with van der Waals surface area (Å²) in [6, 6.07) is 3.11. The molecule has 0 saturated heterocycles. The van der Waals surface area contributed by atoms with Gasteiger partial charge in [-0.15, -0.1) is 0 Å². The molecule has 2 aromatic carbocycles. The SMILES string of the molecule is Cc1cc(C)c(S(=O)(=O)NCC(NS(=O)(=O)c2ccc(F)cc2F)C(=O)NO)c(C)c1. The second kappa shape index (κ2) is 9.36. The molecule has 2 aromatic rings. The molecule has 31 heavy (non-hydrogen) atoms. The molecule has 13 heteroatoms. The van der Waals surface area contributed by atoms with E-state index in [1.165, 1.54) is 5.48 Å². The molecule has 0 aliphatic carbocycles. The van der Waals surface area contributed by atoms with E-state index in [9.17, 15) is 30.4 Å². The molecule has 1 amide bonds. The maximum atomic E-state index is 13.9. The van der Waals surface area contributed by atoms with Crippen molar-refractivity contribution in [1.29, 1.82) is 0 Å². The first kappa shape index (κ1) is 24.8. The Bertz CT molecular complexity index is 1190. The Morgan fingerprint density at radius 2 is 1.58 bits per heavy atom. The van der Waals surface area contributed by atoms with Crippen LogP contribution in [0.15, 0.2) is 40.1 Å². The second-order valence-corrected chi connectivity index (χ2v) is 10.2. The number of hydrogen-bond donors (Lipinski definition) is 4. The van der Waals surface area contributed by atoms with E-state index in [4.69, 9.17) is 5.21 Å². The van der Waals surface area contributed by atoms with E-state index < -0.39 is 55.1 Å². The van der Waals surface area contributed by atoms with Gasteiger partial charge in [0.15, 0.2) is 0 Å². The Morgan fingerprint density at radius 3 is 2.10 bits per heavy atom. The van der Waals surface area contributed by atoms with Gasteiger partial charge in [-0.25, -0.2) is 35.8 Å². The molecule has 1 unspecified atom stereocenters. The van der Waals surface area contributed by atoms with Crippen molar-refractivity contribution in [2.24, 2.45) is 0 Å². The number of sulfonamides is 2. The summed E-state index contributed by atoms with van der Waals surface area (Å²) in [5.41, 5.74) is 2.91. The summed E-state index contributed by atoms with van der Waals surface area (Å²) in [6.07, 6.45) is 0. The van der Waals surface area contributed by atoms with E-state index in [0.717, 1.165) is 5.56 Å². The van der Waals surface area contributed by atoms with Gasteiger partial charge in [0.25, 0.3) is 5.91 Å². The number of hydrogen-bond acceptors (Lipinski definition) is 6. The zero-order valence-corrected chi connectivity index (χ0v) is 18.4. The van der Waals surface area contributed by atoms with Crippen LogP contribution < -0.4 is 14.9 Å². The largest absolute Gasteiger partial charge is 0.289 e. The first-order valence-corrected chi connectivity index (χ1v) is 11.7. The van der Waals surface area contributed by atoms with Crippen LogP contribution in [-0.4, -0.2) is 40.5 Å². The topological polar surface area (TPSA) is 142 Å². The third-order valence-corrected chi connectivity index (χ3v) is 7.49. The quantitative estimate of drug-likeness (QED) is 0.330. The highest BCUT2D eigenvalue weighted by Gasteiger charge is 2.30. The van der Waals surface area contributed by atoms with Crippen LogP contribution >= 0.6 is 0 Å². The minimum Gasteiger partial charge on any atom is -0.289 e. The van der Waals surface area contributed by atoms with Crippen LogP contribution in [0.4, 0.5) is 8.78 Å². The molecule has 0 aliphatic heterocycles. The van der Waals surface area contributed by atoms with Gasteiger partial charge in [0.05, 0.1) is 4.90 Å². The number of carbonyl (C=O) groups excluding carboxylic acids is 1. The molecular formula is C18H21F2N3O6S2. The Kier molecular flexibility index (Phi) is 7.49. The summed E-state index contributed by atoms with van der Waals surface area (Å²) in [4.78, 5) is 10.9. The molecule has 9 nitrogen and oxygen atoms in total. The average Bonchev–Trinajstić information content (AvgIpc) is 2.63. The summed E-state index contributed by atoms with van der Waals surface area (Å²) < 4.78 is 81.2. The molecule has 0 aromatic heterocycles. The van der Waals surface area contributed by atoms with Crippen molar-refractivity contribution in [3.63, 3.8) is 0 Å². The fourth-order valence-corrected chi connectivity index (χ4v) is 5.82. The molecule has 0 saturated carbocycles. The van der Waals surface area contributed by atoms with E-state index in [1.807, 2.05) is 0 Å². The minimum absolute atomic E-state index is 0.0475. The number of nitrogens with one attached hydrogen (secondary N) is 3. The lowest BCUT2D eigenvalue weighted by atomic mass is 10.1. The molecule has 0 bridgehead atoms. The van der Waals surface area contributed by atoms with Crippen LogP contribution in [0.25, 0.3) is 0 Å². The molecule has 170 valence electrons. The summed E-state index contributed by atoms with van der Waals surface area (Å²) in [5, 5.41) is 8.89. The van der Waals surface area contributed by atoms with Crippen molar-refractivity contribution in [3.8, 4) is 0 Å². The van der Waals surface area contributed by atoms with Gasteiger partial charge in [-0.05, 0) is 44.0 Å². The van der Waals surface area contributed by atoms with Crippen LogP contribution in [0, 0.1) is 32.4 Å². The smallest absolute Gasteiger partial charge is 0.262 e. The number of halogens is 2. The van der Waals surface area contributed by atoms with Gasteiger partial charge in [0, 0.05) is 12.6 Å². The highest BCUT2D eigenvalue weighted by Crippen LogP contribution is 2.21. The van der Waals surface area contributed by atoms with Gasteiger partial charge in [-0.1, -0.05) is 17.7 Å². The molecule has 0 fully saturated rings. The fraction of sp³-hybridized carbons (Fsp3) is 0.278. The normalized spacial score (nSPS) is 13.1. The van der Waals surface area contributed by atoms with E-state index in [-0.39, 0.29) is 4.90 Å². The first-order valence-electron chi connectivity index (χ1n) is 8.77. The maximum Gasteiger partial charge on any atom is 0.262 e. The van der Waals surface area contributed by atoms with Gasteiger partial charge in [-0.3, -0.25) is 10.0 Å². The minimum atomic E-state index is -4.71. The third kappa shape index (κ3) is 5.83. The van der Waals surface area contributed by atoms with Crippen molar-refractivity contribution >= 4 is 26.0 Å². The lowest BCUT2D eigenvalue weighted by Gasteiger charge is -2.19. The Balaban J connectivity index is 2.31. The summed E-state index contributed by atoms with van der Waals surface area (Å²) >= 11 is 0. The number of carbonyl (C=O) groups is 1. The maximum absolute atomic E-state index is 13.9. The third-order valence-electron chi connectivity index (χ3n) is 4.26. The van der Waals surface area contributed by atoms with Crippen LogP contribution in [0.5, 0.6) is 0 Å². The van der Waals surface area contributed by atoms with E-state index in [0.29, 0.717) is 29.3 Å². The molecule has 0 aliphatic rings. The molecular weight excluding hydrogens is 456 g/mol. The summed E-state index contributed by atoms with van der Waals surface area (Å²) in [7, 11) is -8.89. The highest BCUT2D eigenvalue weighted by molar-refractivity contribution is 7.90. The molecule has 0 heterocycles. The van der Waals surface area contributed by atoms with Crippen LogP contribution in [0.1, 0.15) is 16.7 Å². The van der Waals surface area contributed by atoms with Crippen molar-refractivity contribution in [3.05, 3.63) is 58.7 Å². The molecule has 4 N–H and O–H groups in total. The summed E-state index contributed by atoms with van der Waals surface area (Å²) in [6.45, 7) is 4.14. The van der Waals surface area contributed by atoms with Crippen LogP contribution in [0.3, 0.4) is 0 Å². The lowest BCUT2D eigenvalue weighted by Crippen LogP contribution is -2.52. The van der Waals surface area contributed by atoms with Gasteiger partial charge in [0.1, 0.15) is 22.6 Å². The number of aryl methyl sites for hydroxylation is 3. The predicted octanol–water partition coefficient (Wildman–Crippen LogP) is 1.02. The Morgan fingerprint density at radius 1 is 1.00 bits per heavy atom. The zero-order chi connectivity index (χ0) is 23.6. The molecule has 2 rings (SSSR count). The fourth-order valence-electron chi connectivity index (χ4n) is 3.07. The van der Waals surface area contributed by atoms with Gasteiger partial charge in [0.2, 0.25) is 20.0 Å². The number of amides is 1. The lowest BCUT2D eigenvalue weighted by molar-refractivity contribution is -0.130. The van der Waals surface area contributed by atoms with Crippen LogP contribution in [0.2, 0.25) is 0 Å². The van der Waals surface area contributed by atoms with Gasteiger partial charge in [-0.2, -0.15) is 4.72 Å². The molecule has 1 atom stereocenters. The Labute approximate surface area is 178 Å². The Hall–Kier alpha value is -2.45. The zero-order valence-electron chi connectivity index (χ0n) is 16.7. The number of rotatable bonds is 8. The van der Waals surface area contributed by atoms with E-state index in [2.05, 4.69) is 4.72 Å². The average molecular weight is 478 g/mol. The monoisotopic (exact) mass is 477 g/mol. The second-order valence-electron chi connectivity index (χ2n) is 6.80. The number of hydroxylamine groups is 1. The van der Waals surface area contributed by atoms with Crippen molar-refractivity contribution < 1.29 is 35.6 Å². The van der Waals surface area contributed by atoms with Crippen LogP contribution in [-0.2, 0) is 24.8 Å². The first-order chi connectivity index (χ1) is 14.3. The predicted molar refractivity (Wildman–Crippen MR) is 106 cm³/mol. The van der Waals surface area contributed by atoms with Crippen molar-refractivity contribution in [2.75, 3.05) is 6.54 Å². The van der Waals surface area contributed by atoms with Gasteiger partial charge < -0.3 is 0 Å². The van der Waals surface area contributed by atoms with E-state index in [1.54, 1.807) is 37.6 Å². The number of benzene rings is 2. The summed E-state index contributed by atoms with van der Waals surface area (Å²) in [5.74, 6) is -3.73. The standard InChI is InChI=1S/C18H21F2N3O6S2/c1-10-6-11(2)17(12(3)7-10)31(28,29)21-9-15(18(24)22-25)23-30(26,27)16-5-4-13(19)8-14(16)20/h4-8,15,21,23,25H,9H2,1-3H3,(H,22,24). The van der Waals surface area contributed by atoms with Crippen molar-refractivity contribution in [2.45, 2.75) is 36.6 Å². The molecule has 0 radical (unpaired) electrons. The highest BCUT2D eigenvalue weighted by atomic mass is 32.2. The van der Waals surface area contributed by atoms with E-state index >= 15 is 0 Å². The molecule has 0 spiro atoms. The van der Waals surface area contributed by atoms with Gasteiger partial charge >= 0.3 is 0 Å².